The molecule has 0 saturated carbocycles. The van der Waals surface area contributed by atoms with Gasteiger partial charge in [-0.15, -0.1) is 0 Å². The van der Waals surface area contributed by atoms with E-state index in [1.807, 2.05) is 44.4 Å². The maximum absolute atomic E-state index is 5.65. The normalized spacial score (nSPS) is 10.5. The maximum atomic E-state index is 5.65. The molecule has 3 N–H and O–H groups in total. The zero-order valence-corrected chi connectivity index (χ0v) is 9.75. The summed E-state index contributed by atoms with van der Waals surface area (Å²) in [6.07, 6.45) is 0. The minimum Gasteiger partial charge on any atom is -0.368 e. The molecule has 0 bridgehead atoms. The predicted octanol–water partition coefficient (Wildman–Crippen LogP) is 1.01. The van der Waals surface area contributed by atoms with Crippen molar-refractivity contribution in [2.75, 3.05) is 25.3 Å². The van der Waals surface area contributed by atoms with Gasteiger partial charge in [0, 0.05) is 19.7 Å². The number of benzene rings is 1. The molecule has 1 aromatic heterocycles. The van der Waals surface area contributed by atoms with Crippen molar-refractivity contribution in [1.29, 1.82) is 0 Å². The summed E-state index contributed by atoms with van der Waals surface area (Å²) < 4.78 is 0. The van der Waals surface area contributed by atoms with Crippen LogP contribution in [0.1, 0.15) is 0 Å². The van der Waals surface area contributed by atoms with Gasteiger partial charge in [0.2, 0.25) is 11.9 Å². The first-order valence-electron chi connectivity index (χ1n) is 5.16. The number of nitrogens with zero attached hydrogens (tertiary/aromatic N) is 4. The van der Waals surface area contributed by atoms with E-state index in [0.29, 0.717) is 11.8 Å². The molecule has 1 heterocycles. The van der Waals surface area contributed by atoms with Crippen LogP contribution in [0.3, 0.4) is 0 Å². The van der Waals surface area contributed by atoms with Crippen LogP contribution >= 0.6 is 0 Å². The van der Waals surface area contributed by atoms with Crippen LogP contribution in [0.25, 0.3) is 11.4 Å². The first-order chi connectivity index (χ1) is 8.15. The zero-order valence-electron chi connectivity index (χ0n) is 9.75. The van der Waals surface area contributed by atoms with E-state index in [1.165, 1.54) is 0 Å². The van der Waals surface area contributed by atoms with Gasteiger partial charge in [0.15, 0.2) is 5.82 Å². The molecule has 0 aliphatic carbocycles. The summed E-state index contributed by atoms with van der Waals surface area (Å²) in [7, 11) is 3.70. The quantitative estimate of drug-likeness (QED) is 0.766. The number of nitrogens with one attached hydrogen (secondary N) is 1. The number of hydrazine groups is 1. The van der Waals surface area contributed by atoms with Crippen molar-refractivity contribution >= 4 is 11.9 Å². The molecule has 0 unspecified atom stereocenters. The molecule has 0 amide bonds. The van der Waals surface area contributed by atoms with E-state index in [2.05, 4.69) is 20.4 Å². The molecule has 88 valence electrons. The van der Waals surface area contributed by atoms with Gasteiger partial charge in [0.25, 0.3) is 0 Å². The molecule has 0 atom stereocenters. The Kier molecular flexibility index (Phi) is 3.15. The van der Waals surface area contributed by atoms with Gasteiger partial charge in [-0.2, -0.15) is 15.0 Å². The zero-order chi connectivity index (χ0) is 12.3. The van der Waals surface area contributed by atoms with E-state index in [9.17, 15) is 0 Å². The van der Waals surface area contributed by atoms with E-state index in [0.717, 1.165) is 5.56 Å². The van der Waals surface area contributed by atoms with Crippen molar-refractivity contribution in [1.82, 2.24) is 20.0 Å². The third-order valence-electron chi connectivity index (χ3n) is 2.01. The first-order valence-corrected chi connectivity index (χ1v) is 5.16. The third-order valence-corrected chi connectivity index (χ3v) is 2.01. The molecule has 2 rings (SSSR count). The number of nitrogens with two attached hydrogens (primary N) is 1. The molecule has 0 fully saturated rings. The number of hydrogen-bond donors (Lipinski definition) is 2. The Morgan fingerprint density at radius 1 is 1.06 bits per heavy atom. The minimum absolute atomic E-state index is 0.197. The van der Waals surface area contributed by atoms with Gasteiger partial charge in [-0.25, -0.2) is 5.01 Å². The maximum Gasteiger partial charge on any atom is 0.242 e. The molecular formula is C11H14N6. The molecule has 0 aliphatic rings. The molecule has 0 aliphatic heterocycles. The highest BCUT2D eigenvalue weighted by molar-refractivity contribution is 5.57. The SMILES string of the molecule is CN(C)Nc1nc(N)nc(-c2ccccc2)n1. The Hall–Kier alpha value is -2.21. The lowest BCUT2D eigenvalue weighted by atomic mass is 10.2. The summed E-state index contributed by atoms with van der Waals surface area (Å²) in [4.78, 5) is 12.4. The van der Waals surface area contributed by atoms with E-state index < -0.39 is 0 Å². The van der Waals surface area contributed by atoms with Crippen LogP contribution in [-0.2, 0) is 0 Å². The van der Waals surface area contributed by atoms with E-state index >= 15 is 0 Å². The summed E-state index contributed by atoms with van der Waals surface area (Å²) in [6.45, 7) is 0. The van der Waals surface area contributed by atoms with Crippen molar-refractivity contribution in [2.45, 2.75) is 0 Å². The average molecular weight is 230 g/mol. The van der Waals surface area contributed by atoms with Crippen molar-refractivity contribution in [3.63, 3.8) is 0 Å². The van der Waals surface area contributed by atoms with Crippen LogP contribution in [0.4, 0.5) is 11.9 Å². The lowest BCUT2D eigenvalue weighted by molar-refractivity contribution is 0.488. The number of hydrogen-bond acceptors (Lipinski definition) is 6. The average Bonchev–Trinajstić information content (AvgIpc) is 2.28. The summed E-state index contributed by atoms with van der Waals surface area (Å²) in [5.74, 6) is 1.19. The molecule has 0 saturated heterocycles. The topological polar surface area (TPSA) is 80.0 Å². The summed E-state index contributed by atoms with van der Waals surface area (Å²) in [5, 5.41) is 1.74. The summed E-state index contributed by atoms with van der Waals surface area (Å²) in [6, 6.07) is 9.64. The van der Waals surface area contributed by atoms with Gasteiger partial charge >= 0.3 is 0 Å². The largest absolute Gasteiger partial charge is 0.368 e. The Morgan fingerprint density at radius 2 is 1.76 bits per heavy atom. The highest BCUT2D eigenvalue weighted by Gasteiger charge is 2.06. The van der Waals surface area contributed by atoms with Gasteiger partial charge in [-0.1, -0.05) is 30.3 Å². The molecular weight excluding hydrogens is 216 g/mol. The molecule has 6 nitrogen and oxygen atoms in total. The second-order valence-electron chi connectivity index (χ2n) is 3.71. The van der Waals surface area contributed by atoms with Crippen LogP contribution in [-0.4, -0.2) is 34.1 Å². The Labute approximate surface area is 99.5 Å². The fourth-order valence-corrected chi connectivity index (χ4v) is 1.36. The van der Waals surface area contributed by atoms with Crippen molar-refractivity contribution in [3.8, 4) is 11.4 Å². The fourth-order valence-electron chi connectivity index (χ4n) is 1.36. The standard InChI is InChI=1S/C11H14N6/c1-17(2)16-11-14-9(13-10(12)15-11)8-6-4-3-5-7-8/h3-7H,1-2H3,(H3,12,13,14,15,16). The van der Waals surface area contributed by atoms with Gasteiger partial charge in [0.05, 0.1) is 0 Å². The van der Waals surface area contributed by atoms with Gasteiger partial charge in [-0.3, -0.25) is 5.43 Å². The monoisotopic (exact) mass is 230 g/mol. The van der Waals surface area contributed by atoms with Crippen LogP contribution in [0.5, 0.6) is 0 Å². The number of aromatic nitrogens is 3. The third kappa shape index (κ3) is 2.88. The second kappa shape index (κ2) is 4.75. The molecule has 1 aromatic carbocycles. The molecule has 2 aromatic rings. The highest BCUT2D eigenvalue weighted by atomic mass is 15.5. The van der Waals surface area contributed by atoms with Gasteiger partial charge in [0.1, 0.15) is 0 Å². The minimum atomic E-state index is 0.197. The van der Waals surface area contributed by atoms with Crippen LogP contribution < -0.4 is 11.2 Å². The summed E-state index contributed by atoms with van der Waals surface area (Å²) in [5.41, 5.74) is 9.50. The first kappa shape index (κ1) is 11.3. The lowest BCUT2D eigenvalue weighted by Gasteiger charge is -2.12. The fraction of sp³-hybridized carbons (Fsp3) is 0.182. The number of rotatable bonds is 3. The van der Waals surface area contributed by atoms with Crippen LogP contribution in [0.2, 0.25) is 0 Å². The summed E-state index contributed by atoms with van der Waals surface area (Å²) >= 11 is 0. The second-order valence-corrected chi connectivity index (χ2v) is 3.71. The van der Waals surface area contributed by atoms with E-state index in [4.69, 9.17) is 5.73 Å². The number of nitrogen functional groups attached to an aromatic ring is 1. The highest BCUT2D eigenvalue weighted by Crippen LogP contribution is 2.16. The lowest BCUT2D eigenvalue weighted by Crippen LogP contribution is -2.22. The van der Waals surface area contributed by atoms with Gasteiger partial charge < -0.3 is 5.73 Å². The molecule has 0 radical (unpaired) electrons. The van der Waals surface area contributed by atoms with E-state index in [1.54, 1.807) is 5.01 Å². The van der Waals surface area contributed by atoms with Crippen LogP contribution in [0, 0.1) is 0 Å². The van der Waals surface area contributed by atoms with Crippen molar-refractivity contribution in [3.05, 3.63) is 30.3 Å². The molecule has 17 heavy (non-hydrogen) atoms. The van der Waals surface area contributed by atoms with Crippen molar-refractivity contribution in [2.24, 2.45) is 0 Å². The Balaban J connectivity index is 2.38. The van der Waals surface area contributed by atoms with Crippen molar-refractivity contribution < 1.29 is 0 Å². The molecule has 0 spiro atoms. The number of anilines is 2. The van der Waals surface area contributed by atoms with Gasteiger partial charge in [-0.05, 0) is 0 Å². The Morgan fingerprint density at radius 3 is 2.41 bits per heavy atom. The smallest absolute Gasteiger partial charge is 0.242 e. The van der Waals surface area contributed by atoms with E-state index in [-0.39, 0.29) is 5.95 Å². The Bertz CT molecular complexity index is 497. The molecule has 6 heteroatoms. The predicted molar refractivity (Wildman–Crippen MR) is 67.0 cm³/mol. The van der Waals surface area contributed by atoms with Crippen LogP contribution in [0.15, 0.2) is 30.3 Å².